The molecule has 2 rings (SSSR count). The molecule has 0 spiro atoms. The average Bonchev–Trinajstić information content (AvgIpc) is 2.32. The maximum Gasteiger partial charge on any atom is 0.264 e. The first-order valence-electron chi connectivity index (χ1n) is 4.73. The van der Waals surface area contributed by atoms with Gasteiger partial charge in [0.15, 0.2) is 5.82 Å². The number of nitrogen functional groups attached to an aromatic ring is 1. The van der Waals surface area contributed by atoms with Crippen molar-refractivity contribution < 1.29 is 4.79 Å². The highest BCUT2D eigenvalue weighted by atomic mass is 16.2. The van der Waals surface area contributed by atoms with E-state index in [-0.39, 0.29) is 17.1 Å². The Balaban J connectivity index is 2.20. The predicted octanol–water partition coefficient (Wildman–Crippen LogP) is -0.000600. The van der Waals surface area contributed by atoms with Crippen LogP contribution in [0.5, 0.6) is 0 Å². The molecule has 4 N–H and O–H groups in total. The lowest BCUT2D eigenvalue weighted by Gasteiger charge is -2.05. The average molecular weight is 231 g/mol. The molecule has 0 aliphatic carbocycles. The number of H-pyrrole nitrogens is 1. The molecule has 86 valence electrons. The van der Waals surface area contributed by atoms with E-state index in [2.05, 4.69) is 20.5 Å². The Morgan fingerprint density at radius 1 is 1.35 bits per heavy atom. The van der Waals surface area contributed by atoms with Crippen LogP contribution in [0.25, 0.3) is 0 Å². The fourth-order valence-electron chi connectivity index (χ4n) is 1.21. The van der Waals surface area contributed by atoms with Crippen LogP contribution in [0.1, 0.15) is 10.4 Å². The molecule has 0 radical (unpaired) electrons. The lowest BCUT2D eigenvalue weighted by atomic mass is 10.2. The number of rotatable bonds is 2. The molecule has 0 aromatic carbocycles. The van der Waals surface area contributed by atoms with E-state index in [0.29, 0.717) is 5.56 Å². The quantitative estimate of drug-likeness (QED) is 0.673. The number of nitrogens with zero attached hydrogens (tertiary/aromatic N) is 2. The standard InChI is InChI=1S/C10H9N5O2/c11-7-5-12-4-3-6(7)10(17)13-8-1-2-9(16)15-14-8/h1-5H,11H2,(H,15,16)(H,13,14,17). The number of pyridine rings is 1. The highest BCUT2D eigenvalue weighted by Gasteiger charge is 2.09. The smallest absolute Gasteiger partial charge is 0.264 e. The monoisotopic (exact) mass is 231 g/mol. The van der Waals surface area contributed by atoms with Crippen LogP contribution in [0.3, 0.4) is 0 Å². The van der Waals surface area contributed by atoms with E-state index in [4.69, 9.17) is 5.73 Å². The van der Waals surface area contributed by atoms with Crippen LogP contribution in [0.15, 0.2) is 35.4 Å². The predicted molar refractivity (Wildman–Crippen MR) is 61.5 cm³/mol. The molecule has 0 atom stereocenters. The summed E-state index contributed by atoms with van der Waals surface area (Å²) in [6, 6.07) is 4.16. The van der Waals surface area contributed by atoms with Crippen molar-refractivity contribution in [3.63, 3.8) is 0 Å². The van der Waals surface area contributed by atoms with Crippen molar-refractivity contribution in [1.29, 1.82) is 0 Å². The topological polar surface area (TPSA) is 114 Å². The molecule has 2 aromatic heterocycles. The third-order valence-corrected chi connectivity index (χ3v) is 2.02. The second kappa shape index (κ2) is 4.44. The molecule has 0 aliphatic rings. The number of aromatic nitrogens is 3. The maximum atomic E-state index is 11.8. The van der Waals surface area contributed by atoms with Crippen LogP contribution in [0.2, 0.25) is 0 Å². The zero-order valence-corrected chi connectivity index (χ0v) is 8.68. The van der Waals surface area contributed by atoms with Crippen LogP contribution in [-0.4, -0.2) is 21.1 Å². The number of nitrogens with one attached hydrogen (secondary N) is 2. The second-order valence-electron chi connectivity index (χ2n) is 3.22. The van der Waals surface area contributed by atoms with Crippen LogP contribution < -0.4 is 16.6 Å². The van der Waals surface area contributed by atoms with Gasteiger partial charge in [0.1, 0.15) is 0 Å². The number of aromatic amines is 1. The van der Waals surface area contributed by atoms with Gasteiger partial charge >= 0.3 is 0 Å². The minimum atomic E-state index is -0.413. The van der Waals surface area contributed by atoms with Crippen molar-refractivity contribution in [2.45, 2.75) is 0 Å². The third-order valence-electron chi connectivity index (χ3n) is 2.02. The number of carbonyl (C=O) groups excluding carboxylic acids is 1. The second-order valence-corrected chi connectivity index (χ2v) is 3.22. The molecular weight excluding hydrogens is 222 g/mol. The van der Waals surface area contributed by atoms with Gasteiger partial charge in [-0.1, -0.05) is 0 Å². The minimum absolute atomic E-state index is 0.241. The van der Waals surface area contributed by atoms with Crippen LogP contribution in [-0.2, 0) is 0 Å². The van der Waals surface area contributed by atoms with Gasteiger partial charge in [0.25, 0.3) is 11.5 Å². The van der Waals surface area contributed by atoms with Gasteiger partial charge in [-0.05, 0) is 12.1 Å². The zero-order chi connectivity index (χ0) is 12.3. The van der Waals surface area contributed by atoms with Gasteiger partial charge in [-0.2, -0.15) is 5.10 Å². The van der Waals surface area contributed by atoms with Crippen molar-refractivity contribution in [3.05, 3.63) is 46.5 Å². The highest BCUT2D eigenvalue weighted by Crippen LogP contribution is 2.10. The molecule has 7 heteroatoms. The number of anilines is 2. The molecule has 0 saturated carbocycles. The Morgan fingerprint density at radius 2 is 2.18 bits per heavy atom. The number of amides is 1. The van der Waals surface area contributed by atoms with Gasteiger partial charge in [-0.15, -0.1) is 0 Å². The lowest BCUT2D eigenvalue weighted by Crippen LogP contribution is -2.17. The first kappa shape index (κ1) is 10.8. The maximum absolute atomic E-state index is 11.8. The summed E-state index contributed by atoms with van der Waals surface area (Å²) >= 11 is 0. The van der Waals surface area contributed by atoms with E-state index in [9.17, 15) is 9.59 Å². The SMILES string of the molecule is Nc1cnccc1C(=O)Nc1ccc(=O)[nH]n1. The molecule has 0 aliphatic heterocycles. The molecular formula is C10H9N5O2. The molecule has 1 amide bonds. The fraction of sp³-hybridized carbons (Fsp3) is 0. The summed E-state index contributed by atoms with van der Waals surface area (Å²) in [6.45, 7) is 0. The van der Waals surface area contributed by atoms with E-state index < -0.39 is 5.91 Å². The van der Waals surface area contributed by atoms with Crippen LogP contribution in [0, 0.1) is 0 Å². The summed E-state index contributed by atoms with van der Waals surface area (Å²) in [5.74, 6) is -0.171. The largest absolute Gasteiger partial charge is 0.397 e. The molecule has 17 heavy (non-hydrogen) atoms. The van der Waals surface area contributed by atoms with E-state index in [0.717, 1.165) is 0 Å². The first-order valence-corrected chi connectivity index (χ1v) is 4.73. The van der Waals surface area contributed by atoms with Crippen molar-refractivity contribution in [3.8, 4) is 0 Å². The highest BCUT2D eigenvalue weighted by molar-refractivity contribution is 6.07. The third kappa shape index (κ3) is 2.46. The van der Waals surface area contributed by atoms with Gasteiger partial charge in [0.2, 0.25) is 0 Å². The first-order chi connectivity index (χ1) is 8.16. The van der Waals surface area contributed by atoms with Crippen molar-refractivity contribution >= 4 is 17.4 Å². The summed E-state index contributed by atoms with van der Waals surface area (Å²) in [6.07, 6.45) is 2.85. The van der Waals surface area contributed by atoms with Crippen LogP contribution in [0.4, 0.5) is 11.5 Å². The summed E-state index contributed by atoms with van der Waals surface area (Å²) in [5.41, 5.74) is 5.83. The normalized spacial score (nSPS) is 9.88. The molecule has 2 heterocycles. The van der Waals surface area contributed by atoms with Crippen molar-refractivity contribution in [2.24, 2.45) is 0 Å². The molecule has 0 unspecified atom stereocenters. The summed E-state index contributed by atoms with van der Waals surface area (Å²) in [4.78, 5) is 26.3. The number of carbonyl (C=O) groups is 1. The Labute approximate surface area is 95.7 Å². The van der Waals surface area contributed by atoms with Gasteiger partial charge in [0.05, 0.1) is 17.4 Å². The van der Waals surface area contributed by atoms with Crippen molar-refractivity contribution in [1.82, 2.24) is 15.2 Å². The van der Waals surface area contributed by atoms with Gasteiger partial charge < -0.3 is 11.1 Å². The van der Waals surface area contributed by atoms with E-state index in [1.807, 2.05) is 0 Å². The minimum Gasteiger partial charge on any atom is -0.397 e. The Bertz CT molecular complexity index is 587. The van der Waals surface area contributed by atoms with Gasteiger partial charge in [-0.3, -0.25) is 14.6 Å². The van der Waals surface area contributed by atoms with Crippen LogP contribution >= 0.6 is 0 Å². The number of hydrogen-bond donors (Lipinski definition) is 3. The molecule has 2 aromatic rings. The lowest BCUT2D eigenvalue weighted by molar-refractivity contribution is 0.102. The molecule has 0 saturated heterocycles. The number of nitrogens with two attached hydrogens (primary N) is 1. The molecule has 0 bridgehead atoms. The number of hydrogen-bond acceptors (Lipinski definition) is 5. The summed E-state index contributed by atoms with van der Waals surface area (Å²) in [5, 5.41) is 8.35. The molecule has 0 fully saturated rings. The van der Waals surface area contributed by atoms with Gasteiger partial charge in [-0.25, -0.2) is 5.10 Å². The van der Waals surface area contributed by atoms with Gasteiger partial charge in [0, 0.05) is 12.3 Å². The summed E-state index contributed by atoms with van der Waals surface area (Å²) < 4.78 is 0. The summed E-state index contributed by atoms with van der Waals surface area (Å²) in [7, 11) is 0. The van der Waals surface area contributed by atoms with E-state index >= 15 is 0 Å². The Kier molecular flexibility index (Phi) is 2.82. The Morgan fingerprint density at radius 3 is 2.82 bits per heavy atom. The molecule has 7 nitrogen and oxygen atoms in total. The fourth-order valence-corrected chi connectivity index (χ4v) is 1.21. The van der Waals surface area contributed by atoms with E-state index in [1.54, 1.807) is 0 Å². The van der Waals surface area contributed by atoms with E-state index in [1.165, 1.54) is 30.6 Å². The Hall–Kier alpha value is -2.70. The van der Waals surface area contributed by atoms with Crippen molar-refractivity contribution in [2.75, 3.05) is 11.1 Å². The zero-order valence-electron chi connectivity index (χ0n) is 8.68.